The second-order valence-corrected chi connectivity index (χ2v) is 3.38. The summed E-state index contributed by atoms with van der Waals surface area (Å²) in [6, 6.07) is 3.80. The Balaban J connectivity index is 2.24. The highest BCUT2D eigenvalue weighted by atomic mass is 16.5. The molecule has 0 aromatic carbocycles. The van der Waals surface area contributed by atoms with Crippen molar-refractivity contribution < 1.29 is 4.52 Å². The predicted molar refractivity (Wildman–Crippen MR) is 56.2 cm³/mol. The number of aromatic nitrogens is 3. The molecular formula is C10H14N4O. The molecule has 2 rings (SSSR count). The number of nitrogens with one attached hydrogen (secondary N) is 1. The van der Waals surface area contributed by atoms with E-state index in [2.05, 4.69) is 22.0 Å². The van der Waals surface area contributed by atoms with Crippen molar-refractivity contribution in [2.24, 2.45) is 5.73 Å². The first-order valence-corrected chi connectivity index (χ1v) is 5.02. The minimum absolute atomic E-state index is 0.154. The number of aromatic amines is 1. The molecule has 0 fully saturated rings. The summed E-state index contributed by atoms with van der Waals surface area (Å²) in [5.74, 6) is 1.35. The molecule has 3 N–H and O–H groups in total. The standard InChI is InChI=1S/C10H14N4O/c1-2-7(6-11)10-13-9(14-15-10)8-4-3-5-12-8/h3-5,7,12H,2,6,11H2,1H3. The number of nitrogens with zero attached hydrogens (tertiary/aromatic N) is 2. The maximum Gasteiger partial charge on any atom is 0.231 e. The highest BCUT2D eigenvalue weighted by Crippen LogP contribution is 2.19. The molecule has 15 heavy (non-hydrogen) atoms. The Morgan fingerprint density at radius 3 is 3.07 bits per heavy atom. The fourth-order valence-corrected chi connectivity index (χ4v) is 1.42. The van der Waals surface area contributed by atoms with Crippen LogP contribution in [0.1, 0.15) is 25.2 Å². The summed E-state index contributed by atoms with van der Waals surface area (Å²) < 4.78 is 5.17. The highest BCUT2D eigenvalue weighted by Gasteiger charge is 2.16. The van der Waals surface area contributed by atoms with Crippen molar-refractivity contribution in [2.75, 3.05) is 6.54 Å². The van der Waals surface area contributed by atoms with Gasteiger partial charge in [-0.1, -0.05) is 12.1 Å². The number of rotatable bonds is 4. The molecule has 5 nitrogen and oxygen atoms in total. The molecule has 0 radical (unpaired) electrons. The van der Waals surface area contributed by atoms with E-state index in [0.29, 0.717) is 18.3 Å². The zero-order chi connectivity index (χ0) is 10.7. The molecular weight excluding hydrogens is 192 g/mol. The van der Waals surface area contributed by atoms with Crippen molar-refractivity contribution in [1.82, 2.24) is 15.1 Å². The van der Waals surface area contributed by atoms with E-state index in [-0.39, 0.29) is 5.92 Å². The molecule has 0 amide bonds. The Hall–Kier alpha value is -1.62. The van der Waals surface area contributed by atoms with Gasteiger partial charge < -0.3 is 15.2 Å². The van der Waals surface area contributed by atoms with Crippen molar-refractivity contribution in [3.63, 3.8) is 0 Å². The lowest BCUT2D eigenvalue weighted by Crippen LogP contribution is -2.11. The van der Waals surface area contributed by atoms with Gasteiger partial charge >= 0.3 is 0 Å². The molecule has 0 saturated carbocycles. The maximum absolute atomic E-state index is 5.61. The molecule has 5 heteroatoms. The molecule has 2 aromatic rings. The zero-order valence-electron chi connectivity index (χ0n) is 8.60. The van der Waals surface area contributed by atoms with Crippen molar-refractivity contribution in [2.45, 2.75) is 19.3 Å². The van der Waals surface area contributed by atoms with Crippen molar-refractivity contribution >= 4 is 0 Å². The lowest BCUT2D eigenvalue weighted by molar-refractivity contribution is 0.351. The molecule has 2 aromatic heterocycles. The van der Waals surface area contributed by atoms with Gasteiger partial charge in [-0.3, -0.25) is 0 Å². The third-order valence-electron chi connectivity index (χ3n) is 2.41. The monoisotopic (exact) mass is 206 g/mol. The maximum atomic E-state index is 5.61. The van der Waals surface area contributed by atoms with E-state index in [1.54, 1.807) is 0 Å². The first-order valence-electron chi connectivity index (χ1n) is 5.02. The van der Waals surface area contributed by atoms with Gasteiger partial charge in [0.25, 0.3) is 0 Å². The van der Waals surface area contributed by atoms with Crippen LogP contribution in [-0.2, 0) is 0 Å². The summed E-state index contributed by atoms with van der Waals surface area (Å²) in [7, 11) is 0. The third-order valence-corrected chi connectivity index (χ3v) is 2.41. The van der Waals surface area contributed by atoms with E-state index in [1.165, 1.54) is 0 Å². The summed E-state index contributed by atoms with van der Waals surface area (Å²) in [5.41, 5.74) is 6.47. The van der Waals surface area contributed by atoms with E-state index < -0.39 is 0 Å². The van der Waals surface area contributed by atoms with Crippen LogP contribution in [0, 0.1) is 0 Å². The van der Waals surface area contributed by atoms with Crippen LogP contribution in [-0.4, -0.2) is 21.7 Å². The minimum Gasteiger partial charge on any atom is -0.359 e. The molecule has 1 unspecified atom stereocenters. The van der Waals surface area contributed by atoms with Gasteiger partial charge in [0.1, 0.15) is 0 Å². The number of nitrogens with two attached hydrogens (primary N) is 1. The van der Waals surface area contributed by atoms with E-state index >= 15 is 0 Å². The van der Waals surface area contributed by atoms with Crippen molar-refractivity contribution in [3.05, 3.63) is 24.2 Å². The molecule has 0 aliphatic rings. The quantitative estimate of drug-likeness (QED) is 0.794. The van der Waals surface area contributed by atoms with Gasteiger partial charge in [0.05, 0.1) is 11.6 Å². The van der Waals surface area contributed by atoms with E-state index in [1.807, 2.05) is 18.3 Å². The van der Waals surface area contributed by atoms with E-state index in [9.17, 15) is 0 Å². The number of hydrogen-bond acceptors (Lipinski definition) is 4. The van der Waals surface area contributed by atoms with Gasteiger partial charge in [-0.25, -0.2) is 0 Å². The average Bonchev–Trinajstić information content (AvgIpc) is 2.89. The topological polar surface area (TPSA) is 80.7 Å². The molecule has 0 bridgehead atoms. The van der Waals surface area contributed by atoms with Gasteiger partial charge in [-0.15, -0.1) is 0 Å². The normalized spacial score (nSPS) is 12.9. The SMILES string of the molecule is CCC(CN)c1nc(-c2ccc[nH]2)no1. The van der Waals surface area contributed by atoms with E-state index in [0.717, 1.165) is 12.1 Å². The number of hydrogen-bond donors (Lipinski definition) is 2. The van der Waals surface area contributed by atoms with Crippen LogP contribution in [0.15, 0.2) is 22.9 Å². The molecule has 2 heterocycles. The van der Waals surface area contributed by atoms with Crippen molar-refractivity contribution in [1.29, 1.82) is 0 Å². The Morgan fingerprint density at radius 2 is 2.47 bits per heavy atom. The van der Waals surface area contributed by atoms with Crippen molar-refractivity contribution in [3.8, 4) is 11.5 Å². The lowest BCUT2D eigenvalue weighted by atomic mass is 10.1. The molecule has 1 atom stereocenters. The molecule has 0 aliphatic carbocycles. The second kappa shape index (κ2) is 4.27. The molecule has 0 saturated heterocycles. The van der Waals surface area contributed by atoms with Crippen LogP contribution >= 0.6 is 0 Å². The fraction of sp³-hybridized carbons (Fsp3) is 0.400. The average molecular weight is 206 g/mol. The Kier molecular flexibility index (Phi) is 2.82. The van der Waals surface area contributed by atoms with Gasteiger partial charge in [0, 0.05) is 12.7 Å². The van der Waals surface area contributed by atoms with E-state index in [4.69, 9.17) is 10.3 Å². The first kappa shape index (κ1) is 9.92. The lowest BCUT2D eigenvalue weighted by Gasteiger charge is -2.03. The fourth-order valence-electron chi connectivity index (χ4n) is 1.42. The summed E-state index contributed by atoms with van der Waals surface area (Å²) in [4.78, 5) is 7.33. The highest BCUT2D eigenvalue weighted by molar-refractivity contribution is 5.47. The largest absolute Gasteiger partial charge is 0.359 e. The van der Waals surface area contributed by atoms with Gasteiger partial charge in [-0.2, -0.15) is 4.98 Å². The Bertz CT molecular complexity index is 403. The van der Waals surface area contributed by atoms with Crippen LogP contribution in [0.4, 0.5) is 0 Å². The molecule has 80 valence electrons. The van der Waals surface area contributed by atoms with Crippen LogP contribution in [0.25, 0.3) is 11.5 Å². The van der Waals surface area contributed by atoms with Crippen LogP contribution in [0.3, 0.4) is 0 Å². The minimum atomic E-state index is 0.154. The van der Waals surface area contributed by atoms with Gasteiger partial charge in [0.2, 0.25) is 11.7 Å². The third kappa shape index (κ3) is 1.92. The summed E-state index contributed by atoms with van der Waals surface area (Å²) in [6.45, 7) is 2.58. The summed E-state index contributed by atoms with van der Waals surface area (Å²) in [5, 5.41) is 3.90. The Labute approximate surface area is 87.7 Å². The summed E-state index contributed by atoms with van der Waals surface area (Å²) in [6.07, 6.45) is 2.73. The zero-order valence-corrected chi connectivity index (χ0v) is 8.60. The number of H-pyrrole nitrogens is 1. The first-order chi connectivity index (χ1) is 7.35. The molecule has 0 spiro atoms. The van der Waals surface area contributed by atoms with Crippen LogP contribution < -0.4 is 5.73 Å². The van der Waals surface area contributed by atoms with Crippen LogP contribution in [0.5, 0.6) is 0 Å². The molecule has 0 aliphatic heterocycles. The summed E-state index contributed by atoms with van der Waals surface area (Å²) >= 11 is 0. The second-order valence-electron chi connectivity index (χ2n) is 3.38. The smallest absolute Gasteiger partial charge is 0.231 e. The van der Waals surface area contributed by atoms with Crippen LogP contribution in [0.2, 0.25) is 0 Å². The predicted octanol–water partition coefficient (Wildman–Crippen LogP) is 1.52. The van der Waals surface area contributed by atoms with Gasteiger partial charge in [-0.05, 0) is 18.6 Å². The Morgan fingerprint density at radius 1 is 1.60 bits per heavy atom. The van der Waals surface area contributed by atoms with Gasteiger partial charge in [0.15, 0.2) is 0 Å².